The van der Waals surface area contributed by atoms with Gasteiger partial charge < -0.3 is 19.8 Å². The topological polar surface area (TPSA) is 103 Å². The highest BCUT2D eigenvalue weighted by atomic mass is 16.5. The zero-order valence-electron chi connectivity index (χ0n) is 22.7. The van der Waals surface area contributed by atoms with Gasteiger partial charge in [-0.2, -0.15) is 5.10 Å². The second kappa shape index (κ2) is 11.5. The molecular formula is C32H33N3O5. The molecule has 0 saturated carbocycles. The van der Waals surface area contributed by atoms with E-state index in [-0.39, 0.29) is 19.1 Å². The molecule has 8 heteroatoms. The highest BCUT2D eigenvalue weighted by Crippen LogP contribution is 2.47. The Morgan fingerprint density at radius 3 is 2.60 bits per heavy atom. The summed E-state index contributed by atoms with van der Waals surface area (Å²) in [5.41, 5.74) is 2.49. The van der Waals surface area contributed by atoms with Gasteiger partial charge in [-0.05, 0) is 47.9 Å². The van der Waals surface area contributed by atoms with E-state index in [2.05, 4.69) is 5.10 Å². The molecule has 0 aliphatic carbocycles. The molecule has 8 nitrogen and oxygen atoms in total. The van der Waals surface area contributed by atoms with Crippen LogP contribution >= 0.6 is 0 Å². The van der Waals surface area contributed by atoms with Gasteiger partial charge in [-0.1, -0.05) is 61.5 Å². The normalized spacial score (nSPS) is 19.6. The van der Waals surface area contributed by atoms with Crippen LogP contribution in [0.2, 0.25) is 0 Å². The third-order valence-corrected chi connectivity index (χ3v) is 7.49. The first-order valence-electron chi connectivity index (χ1n) is 13.4. The molecule has 0 bridgehead atoms. The number of nitrogens with zero attached hydrogens (tertiary/aromatic N) is 3. The van der Waals surface area contributed by atoms with Crippen molar-refractivity contribution >= 4 is 28.9 Å². The summed E-state index contributed by atoms with van der Waals surface area (Å²) in [6.45, 7) is 1.96. The van der Waals surface area contributed by atoms with Gasteiger partial charge in [-0.25, -0.2) is 5.01 Å². The van der Waals surface area contributed by atoms with Gasteiger partial charge in [0, 0.05) is 30.9 Å². The molecule has 2 aliphatic heterocycles. The smallest absolute Gasteiger partial charge is 0.264 e. The lowest BCUT2D eigenvalue weighted by molar-refractivity contribution is -0.139. The maximum absolute atomic E-state index is 13.9. The SMILES string of the molecule is COc1ccc2c(c1)[C@@](O)([C@H](C)/C=C/CCO)C(=O)N2Cc1cccc(N2N=C(c3ccccc3)CCC2=O)c1. The number of aliphatic hydroxyl groups excluding tert-OH is 1. The van der Waals surface area contributed by atoms with Gasteiger partial charge in [0.25, 0.3) is 5.91 Å². The molecule has 0 spiro atoms. The first-order valence-corrected chi connectivity index (χ1v) is 13.4. The maximum Gasteiger partial charge on any atom is 0.264 e. The van der Waals surface area contributed by atoms with Crippen LogP contribution in [-0.2, 0) is 21.7 Å². The number of amides is 2. The predicted molar refractivity (Wildman–Crippen MR) is 154 cm³/mol. The molecular weight excluding hydrogens is 506 g/mol. The van der Waals surface area contributed by atoms with Gasteiger partial charge in [-0.15, -0.1) is 0 Å². The number of anilines is 2. The van der Waals surface area contributed by atoms with Crippen molar-refractivity contribution in [3.05, 3.63) is 102 Å². The van der Waals surface area contributed by atoms with E-state index in [9.17, 15) is 14.7 Å². The fourth-order valence-corrected chi connectivity index (χ4v) is 5.29. The zero-order chi connectivity index (χ0) is 28.3. The third-order valence-electron chi connectivity index (χ3n) is 7.49. The van der Waals surface area contributed by atoms with Crippen molar-refractivity contribution < 1.29 is 24.5 Å². The van der Waals surface area contributed by atoms with Crippen molar-refractivity contribution in [2.75, 3.05) is 23.6 Å². The van der Waals surface area contributed by atoms with Crippen molar-refractivity contribution in [3.8, 4) is 5.75 Å². The monoisotopic (exact) mass is 539 g/mol. The summed E-state index contributed by atoms with van der Waals surface area (Å²) in [6, 6.07) is 22.5. The summed E-state index contributed by atoms with van der Waals surface area (Å²) in [5.74, 6) is -0.549. The van der Waals surface area contributed by atoms with E-state index in [1.54, 1.807) is 49.3 Å². The Labute approximate surface area is 233 Å². The number of hydrogen-bond acceptors (Lipinski definition) is 6. The van der Waals surface area contributed by atoms with E-state index in [0.29, 0.717) is 42.0 Å². The third kappa shape index (κ3) is 5.03. The summed E-state index contributed by atoms with van der Waals surface area (Å²) in [7, 11) is 1.54. The minimum absolute atomic E-state index is 0.0150. The fraction of sp³-hybridized carbons (Fsp3) is 0.281. The van der Waals surface area contributed by atoms with Gasteiger partial charge >= 0.3 is 0 Å². The van der Waals surface area contributed by atoms with Crippen LogP contribution < -0.4 is 14.6 Å². The van der Waals surface area contributed by atoms with Crippen molar-refractivity contribution in [1.29, 1.82) is 0 Å². The largest absolute Gasteiger partial charge is 0.497 e. The van der Waals surface area contributed by atoms with Crippen molar-refractivity contribution in [1.82, 2.24) is 0 Å². The van der Waals surface area contributed by atoms with Crippen LogP contribution in [0.4, 0.5) is 11.4 Å². The second-order valence-electron chi connectivity index (χ2n) is 10.1. The first kappa shape index (κ1) is 27.3. The highest BCUT2D eigenvalue weighted by molar-refractivity contribution is 6.09. The number of fused-ring (bicyclic) bond motifs is 1. The molecule has 0 fully saturated rings. The maximum atomic E-state index is 13.9. The van der Waals surface area contributed by atoms with E-state index >= 15 is 0 Å². The second-order valence-corrected chi connectivity index (χ2v) is 10.1. The van der Waals surface area contributed by atoms with Gasteiger partial charge in [-0.3, -0.25) is 9.59 Å². The summed E-state index contributed by atoms with van der Waals surface area (Å²) < 4.78 is 5.39. The lowest BCUT2D eigenvalue weighted by atomic mass is 9.83. The van der Waals surface area contributed by atoms with Crippen LogP contribution in [0.3, 0.4) is 0 Å². The lowest BCUT2D eigenvalue weighted by Crippen LogP contribution is -2.44. The van der Waals surface area contributed by atoms with Gasteiger partial charge in [0.15, 0.2) is 5.60 Å². The van der Waals surface area contributed by atoms with Crippen LogP contribution in [0.5, 0.6) is 5.75 Å². The Morgan fingerprint density at radius 2 is 1.85 bits per heavy atom. The summed E-state index contributed by atoms with van der Waals surface area (Å²) in [4.78, 5) is 28.3. The molecule has 3 aromatic rings. The highest BCUT2D eigenvalue weighted by Gasteiger charge is 2.52. The Kier molecular flexibility index (Phi) is 7.82. The molecule has 2 aliphatic rings. The van der Waals surface area contributed by atoms with Crippen molar-refractivity contribution in [3.63, 3.8) is 0 Å². The number of rotatable bonds is 9. The molecule has 0 radical (unpaired) electrons. The van der Waals surface area contributed by atoms with Crippen LogP contribution in [0.15, 0.2) is 90.0 Å². The molecule has 206 valence electrons. The Balaban J connectivity index is 1.47. The minimum atomic E-state index is -1.80. The molecule has 2 amide bonds. The number of ether oxygens (including phenoxy) is 1. The average Bonchev–Trinajstić information content (AvgIpc) is 3.20. The number of carbonyl (C=O) groups is 2. The van der Waals surface area contributed by atoms with Crippen LogP contribution in [0, 0.1) is 5.92 Å². The number of hydrogen-bond donors (Lipinski definition) is 2. The molecule has 5 rings (SSSR count). The number of hydrazone groups is 1. The number of methoxy groups -OCH3 is 1. The van der Waals surface area contributed by atoms with Crippen LogP contribution in [-0.4, -0.2) is 41.5 Å². The average molecular weight is 540 g/mol. The molecule has 0 aromatic heterocycles. The van der Waals surface area contributed by atoms with E-state index < -0.39 is 17.4 Å². The number of benzene rings is 3. The van der Waals surface area contributed by atoms with Gasteiger partial charge in [0.1, 0.15) is 5.75 Å². The quantitative estimate of drug-likeness (QED) is 0.389. The lowest BCUT2D eigenvalue weighted by Gasteiger charge is -2.28. The molecule has 40 heavy (non-hydrogen) atoms. The Morgan fingerprint density at radius 1 is 1.05 bits per heavy atom. The molecule has 2 N–H and O–H groups in total. The predicted octanol–water partition coefficient (Wildman–Crippen LogP) is 4.54. The van der Waals surface area contributed by atoms with Crippen molar-refractivity contribution in [2.45, 2.75) is 38.3 Å². The van der Waals surface area contributed by atoms with Gasteiger partial charge in [0.05, 0.1) is 30.7 Å². The number of carbonyl (C=O) groups excluding carboxylic acids is 2. The number of aliphatic hydroxyl groups is 2. The minimum Gasteiger partial charge on any atom is -0.497 e. The Hall–Kier alpha value is -4.27. The van der Waals surface area contributed by atoms with Crippen molar-refractivity contribution in [2.24, 2.45) is 11.0 Å². The van der Waals surface area contributed by atoms with E-state index in [0.717, 1.165) is 16.8 Å². The molecule has 3 aromatic carbocycles. The Bertz CT molecular complexity index is 1470. The summed E-state index contributed by atoms with van der Waals surface area (Å²) in [6.07, 6.45) is 4.88. The molecule has 0 saturated heterocycles. The zero-order valence-corrected chi connectivity index (χ0v) is 22.7. The van der Waals surface area contributed by atoms with Gasteiger partial charge in [0.2, 0.25) is 5.91 Å². The summed E-state index contributed by atoms with van der Waals surface area (Å²) in [5, 5.41) is 27.1. The molecule has 2 heterocycles. The standard InChI is InChI=1S/C32H33N3O5/c1-22(9-6-7-18-36)32(39)27-20-26(40-2)14-16-29(27)34(31(32)38)21-23-10-8-13-25(19-23)35-30(37)17-15-28(33-35)24-11-4-3-5-12-24/h3-6,8-14,16,19-20,22,36,39H,7,15,17-18,21H2,1-2H3/b9-6+/t22-,32+/m1/s1. The first-order chi connectivity index (χ1) is 19.4. The summed E-state index contributed by atoms with van der Waals surface area (Å²) >= 11 is 0. The van der Waals surface area contributed by atoms with Crippen LogP contribution in [0.1, 0.15) is 42.9 Å². The van der Waals surface area contributed by atoms with Crippen LogP contribution in [0.25, 0.3) is 0 Å². The molecule has 0 unspecified atom stereocenters. The fourth-order valence-electron chi connectivity index (χ4n) is 5.29. The molecule has 2 atom stereocenters. The van der Waals surface area contributed by atoms with E-state index in [1.807, 2.05) is 54.6 Å². The van der Waals surface area contributed by atoms with E-state index in [1.165, 1.54) is 5.01 Å². The van der Waals surface area contributed by atoms with E-state index in [4.69, 9.17) is 9.84 Å².